The van der Waals surface area contributed by atoms with Crippen molar-refractivity contribution in [2.24, 2.45) is 28.6 Å². The number of alkyl halides is 1. The average molecular weight is 449 g/mol. The third-order valence-electron chi connectivity index (χ3n) is 9.30. The van der Waals surface area contributed by atoms with Crippen molar-refractivity contribution in [2.45, 2.75) is 77.2 Å². The van der Waals surface area contributed by atoms with E-state index in [4.69, 9.17) is 4.74 Å². The van der Waals surface area contributed by atoms with Crippen molar-refractivity contribution in [1.82, 2.24) is 0 Å². The molecule has 0 unspecified atom stereocenters. The Morgan fingerprint density at radius 1 is 1.28 bits per heavy atom. The molecule has 7 heteroatoms. The van der Waals surface area contributed by atoms with Gasteiger partial charge in [0.2, 0.25) is 5.78 Å². The minimum Gasteiger partial charge on any atom is -0.450 e. The minimum atomic E-state index is -2.02. The molecule has 0 aromatic rings. The lowest BCUT2D eigenvalue weighted by Crippen LogP contribution is -2.70. The maximum absolute atomic E-state index is 17.2. The summed E-state index contributed by atoms with van der Waals surface area (Å²) < 4.78 is 23.0. The molecular formula is C25H33FO6. The maximum Gasteiger partial charge on any atom is 0.306 e. The summed E-state index contributed by atoms with van der Waals surface area (Å²) in [4.78, 5) is 37.5. The minimum absolute atomic E-state index is 0.0675. The number of fused-ring (bicyclic) bond motifs is 5. The van der Waals surface area contributed by atoms with Crippen LogP contribution in [0.3, 0.4) is 0 Å². The zero-order valence-electron chi connectivity index (χ0n) is 19.2. The SMILES string of the molecule is CCC(=O)O[C@]1(C(=O)CO)[C@@H](C)C[C@H]2[C@H]3CCC4=CC(=O)C=C[C@]4(C)[C@]3(F)[C@@H](O)C[C@@]21C. The number of ether oxygens (including phenoxy) is 1. The average Bonchev–Trinajstić information content (AvgIpc) is 2.96. The van der Waals surface area contributed by atoms with Crippen LogP contribution in [0, 0.1) is 28.6 Å². The van der Waals surface area contributed by atoms with Crippen molar-refractivity contribution < 1.29 is 33.7 Å². The van der Waals surface area contributed by atoms with Crippen molar-refractivity contribution in [2.75, 3.05) is 6.61 Å². The zero-order chi connectivity index (χ0) is 23.7. The number of allylic oxidation sites excluding steroid dienone is 4. The molecule has 0 saturated heterocycles. The van der Waals surface area contributed by atoms with Gasteiger partial charge in [0.25, 0.3) is 0 Å². The van der Waals surface area contributed by atoms with E-state index in [-0.39, 0.29) is 24.5 Å². The number of halogens is 1. The molecule has 0 aliphatic heterocycles. The van der Waals surface area contributed by atoms with Crippen molar-refractivity contribution in [3.8, 4) is 0 Å². The first-order valence-corrected chi connectivity index (χ1v) is 11.6. The number of aliphatic hydroxyl groups excluding tert-OH is 2. The lowest BCUT2D eigenvalue weighted by Gasteiger charge is -2.62. The van der Waals surface area contributed by atoms with Gasteiger partial charge in [-0.25, -0.2) is 4.39 Å². The van der Waals surface area contributed by atoms with Gasteiger partial charge < -0.3 is 14.9 Å². The van der Waals surface area contributed by atoms with Gasteiger partial charge in [-0.05, 0) is 50.7 Å². The van der Waals surface area contributed by atoms with Gasteiger partial charge in [0.05, 0.1) is 6.10 Å². The Labute approximate surface area is 187 Å². The van der Waals surface area contributed by atoms with E-state index in [1.807, 2.05) is 0 Å². The highest BCUT2D eigenvalue weighted by Gasteiger charge is 2.77. The van der Waals surface area contributed by atoms with Gasteiger partial charge in [0, 0.05) is 29.1 Å². The first-order chi connectivity index (χ1) is 14.9. The summed E-state index contributed by atoms with van der Waals surface area (Å²) in [5.74, 6) is -2.69. The number of aliphatic hydroxyl groups is 2. The number of esters is 1. The molecule has 4 aliphatic carbocycles. The smallest absolute Gasteiger partial charge is 0.306 e. The summed E-state index contributed by atoms with van der Waals surface area (Å²) in [5.41, 5.74) is -5.10. The molecule has 0 aromatic carbocycles. The van der Waals surface area contributed by atoms with Crippen molar-refractivity contribution >= 4 is 17.5 Å². The van der Waals surface area contributed by atoms with Crippen LogP contribution in [0.25, 0.3) is 0 Å². The third-order valence-corrected chi connectivity index (χ3v) is 9.30. The summed E-state index contributed by atoms with van der Waals surface area (Å²) in [6.07, 6.45) is 4.38. The Bertz CT molecular complexity index is 925. The van der Waals surface area contributed by atoms with Crippen molar-refractivity contribution in [3.63, 3.8) is 0 Å². The second-order valence-electron chi connectivity index (χ2n) is 10.5. The van der Waals surface area contributed by atoms with Crippen LogP contribution >= 0.6 is 0 Å². The van der Waals surface area contributed by atoms with Gasteiger partial charge in [-0.1, -0.05) is 32.4 Å². The fourth-order valence-electron chi connectivity index (χ4n) is 7.77. The number of Topliss-reactive ketones (excluding diaryl/α,β-unsaturated/α-hetero) is 1. The van der Waals surface area contributed by atoms with E-state index in [9.17, 15) is 24.6 Å². The quantitative estimate of drug-likeness (QED) is 0.642. The molecule has 32 heavy (non-hydrogen) atoms. The van der Waals surface area contributed by atoms with Gasteiger partial charge in [-0.2, -0.15) is 0 Å². The van der Waals surface area contributed by atoms with Crippen LogP contribution in [0.2, 0.25) is 0 Å². The van der Waals surface area contributed by atoms with Crippen LogP contribution in [0.4, 0.5) is 4.39 Å². The molecule has 0 amide bonds. The number of ketones is 2. The number of hydrogen-bond donors (Lipinski definition) is 2. The Morgan fingerprint density at radius 2 is 1.97 bits per heavy atom. The number of hydrogen-bond acceptors (Lipinski definition) is 6. The summed E-state index contributed by atoms with van der Waals surface area (Å²) in [6.45, 7) is 6.19. The summed E-state index contributed by atoms with van der Waals surface area (Å²) in [6, 6.07) is 0. The largest absolute Gasteiger partial charge is 0.450 e. The Hall–Kier alpha value is -1.86. The molecule has 0 spiro atoms. The highest BCUT2D eigenvalue weighted by Crippen LogP contribution is 2.71. The topological polar surface area (TPSA) is 101 Å². The molecule has 0 radical (unpaired) electrons. The first-order valence-electron chi connectivity index (χ1n) is 11.6. The normalized spacial score (nSPS) is 47.2. The molecule has 0 bridgehead atoms. The Balaban J connectivity index is 1.85. The fraction of sp³-hybridized carbons (Fsp3) is 0.720. The molecule has 0 aromatic heterocycles. The third kappa shape index (κ3) is 2.61. The molecule has 6 nitrogen and oxygen atoms in total. The zero-order valence-corrected chi connectivity index (χ0v) is 19.2. The molecule has 3 saturated carbocycles. The fourth-order valence-corrected chi connectivity index (χ4v) is 7.77. The van der Waals surface area contributed by atoms with Crippen LogP contribution in [-0.4, -0.2) is 51.7 Å². The highest BCUT2D eigenvalue weighted by atomic mass is 19.1. The van der Waals surface area contributed by atoms with Gasteiger partial charge >= 0.3 is 5.97 Å². The van der Waals surface area contributed by atoms with Crippen molar-refractivity contribution in [3.05, 3.63) is 23.8 Å². The molecular weight excluding hydrogens is 415 g/mol. The second kappa shape index (κ2) is 7.32. The molecule has 3 fully saturated rings. The van der Waals surface area contributed by atoms with Crippen LogP contribution in [-0.2, 0) is 19.1 Å². The lowest BCUT2D eigenvalue weighted by atomic mass is 9.44. The van der Waals surface area contributed by atoms with Gasteiger partial charge in [-0.15, -0.1) is 0 Å². The molecule has 4 aliphatic rings. The van der Waals surface area contributed by atoms with Crippen LogP contribution in [0.1, 0.15) is 59.8 Å². The van der Waals surface area contributed by atoms with Gasteiger partial charge in [0.1, 0.15) is 6.61 Å². The summed E-state index contributed by atoms with van der Waals surface area (Å²) >= 11 is 0. The van der Waals surface area contributed by atoms with E-state index in [1.165, 1.54) is 12.2 Å². The number of carbonyl (C=O) groups excluding carboxylic acids is 3. The Morgan fingerprint density at radius 3 is 2.59 bits per heavy atom. The van der Waals surface area contributed by atoms with E-state index in [2.05, 4.69) is 0 Å². The van der Waals surface area contributed by atoms with Crippen molar-refractivity contribution in [1.29, 1.82) is 0 Å². The Kier molecular flexibility index (Phi) is 5.33. The second-order valence-corrected chi connectivity index (χ2v) is 10.5. The van der Waals surface area contributed by atoms with E-state index in [0.717, 1.165) is 0 Å². The monoisotopic (exact) mass is 448 g/mol. The molecule has 176 valence electrons. The summed E-state index contributed by atoms with van der Waals surface area (Å²) in [7, 11) is 0. The molecule has 4 rings (SSSR count). The molecule has 8 atom stereocenters. The maximum atomic E-state index is 17.2. The van der Waals surface area contributed by atoms with Gasteiger partial charge in [0.15, 0.2) is 17.1 Å². The van der Waals surface area contributed by atoms with Gasteiger partial charge in [-0.3, -0.25) is 14.4 Å². The van der Waals surface area contributed by atoms with E-state index in [0.29, 0.717) is 24.8 Å². The van der Waals surface area contributed by atoms with Crippen LogP contribution in [0.15, 0.2) is 23.8 Å². The van der Waals surface area contributed by atoms with E-state index < -0.39 is 58.4 Å². The summed E-state index contributed by atoms with van der Waals surface area (Å²) in [5, 5.41) is 21.2. The predicted molar refractivity (Wildman–Crippen MR) is 114 cm³/mol. The first kappa shape index (κ1) is 23.3. The number of carbonyl (C=O) groups is 3. The molecule has 0 heterocycles. The highest BCUT2D eigenvalue weighted by molar-refractivity contribution is 6.01. The number of rotatable bonds is 4. The molecule has 2 N–H and O–H groups in total. The predicted octanol–water partition coefficient (Wildman–Crippen LogP) is 2.86. The van der Waals surface area contributed by atoms with E-state index in [1.54, 1.807) is 33.8 Å². The van der Waals surface area contributed by atoms with Crippen LogP contribution < -0.4 is 0 Å². The lowest BCUT2D eigenvalue weighted by molar-refractivity contribution is -0.228. The standard InChI is InChI=1S/C25H33FO6/c1-5-21(31)32-25(20(30)13-27)14(2)10-18-17-7-6-15-11-16(28)8-9-22(15,3)24(17,26)19(29)12-23(18,25)4/h8-9,11,14,17-19,27,29H,5-7,10,12-13H2,1-4H3/t14-,17+,18-,19-,22-,23-,24+,25-/m0/s1. The van der Waals surface area contributed by atoms with Crippen LogP contribution in [0.5, 0.6) is 0 Å². The van der Waals surface area contributed by atoms with E-state index >= 15 is 4.39 Å².